The summed E-state index contributed by atoms with van der Waals surface area (Å²) in [5.41, 5.74) is -0.259. The van der Waals surface area contributed by atoms with Crippen LogP contribution in [0.3, 0.4) is 0 Å². The number of halogens is 2. The van der Waals surface area contributed by atoms with Crippen molar-refractivity contribution < 1.29 is 4.74 Å². The third-order valence-corrected chi connectivity index (χ3v) is 1.61. The summed E-state index contributed by atoms with van der Waals surface area (Å²) >= 11 is 11.6. The minimum atomic E-state index is -0.259. The molecule has 0 saturated heterocycles. The molecule has 0 saturated carbocycles. The molecule has 0 heterocycles. The highest BCUT2D eigenvalue weighted by molar-refractivity contribution is 6.34. The molecular formula is C10H11Cl2O. The molecular weight excluding hydrogens is 207 g/mol. The fourth-order valence-corrected chi connectivity index (χ4v) is 1.34. The molecule has 71 valence electrons. The predicted octanol–water partition coefficient (Wildman–Crippen LogP) is 3.97. The smallest absolute Gasteiger partial charge is 0.131 e. The van der Waals surface area contributed by atoms with E-state index in [1.165, 1.54) is 0 Å². The van der Waals surface area contributed by atoms with Gasteiger partial charge < -0.3 is 4.74 Å². The van der Waals surface area contributed by atoms with Crippen LogP contribution in [0.5, 0.6) is 5.75 Å². The van der Waals surface area contributed by atoms with Gasteiger partial charge in [0.05, 0.1) is 5.02 Å². The van der Waals surface area contributed by atoms with Crippen molar-refractivity contribution in [1.82, 2.24) is 0 Å². The quantitative estimate of drug-likeness (QED) is 0.692. The van der Waals surface area contributed by atoms with Gasteiger partial charge in [-0.25, -0.2) is 0 Å². The lowest BCUT2D eigenvalue weighted by atomic mass is 10.2. The van der Waals surface area contributed by atoms with E-state index < -0.39 is 0 Å². The highest BCUT2D eigenvalue weighted by Crippen LogP contribution is 2.25. The van der Waals surface area contributed by atoms with Gasteiger partial charge in [0.2, 0.25) is 0 Å². The molecule has 0 aliphatic carbocycles. The lowest BCUT2D eigenvalue weighted by Gasteiger charge is -2.21. The molecule has 0 fully saturated rings. The zero-order valence-corrected chi connectivity index (χ0v) is 9.33. The van der Waals surface area contributed by atoms with Gasteiger partial charge in [-0.05, 0) is 32.9 Å². The van der Waals surface area contributed by atoms with Gasteiger partial charge in [0.1, 0.15) is 11.4 Å². The van der Waals surface area contributed by atoms with Gasteiger partial charge >= 0.3 is 0 Å². The van der Waals surface area contributed by atoms with Gasteiger partial charge in [-0.1, -0.05) is 23.2 Å². The van der Waals surface area contributed by atoms with Crippen molar-refractivity contribution in [2.24, 2.45) is 0 Å². The average molecular weight is 218 g/mol. The van der Waals surface area contributed by atoms with Gasteiger partial charge in [-0.2, -0.15) is 0 Å². The molecule has 0 unspecified atom stereocenters. The van der Waals surface area contributed by atoms with Crippen molar-refractivity contribution in [2.75, 3.05) is 0 Å². The van der Waals surface area contributed by atoms with E-state index in [1.54, 1.807) is 12.1 Å². The Balaban J connectivity index is 2.90. The normalized spacial score (nSPS) is 11.5. The number of hydrogen-bond acceptors (Lipinski definition) is 1. The van der Waals surface area contributed by atoms with Crippen LogP contribution in [0.15, 0.2) is 12.1 Å². The molecule has 3 heteroatoms. The van der Waals surface area contributed by atoms with E-state index in [2.05, 4.69) is 6.07 Å². The second-order valence-electron chi connectivity index (χ2n) is 3.73. The molecule has 0 aromatic heterocycles. The molecule has 0 N–H and O–H groups in total. The van der Waals surface area contributed by atoms with Crippen LogP contribution in [0, 0.1) is 6.07 Å². The molecule has 1 nitrogen and oxygen atoms in total. The Bertz CT molecular complexity index is 282. The predicted molar refractivity (Wildman–Crippen MR) is 55.7 cm³/mol. The number of benzene rings is 1. The summed E-state index contributed by atoms with van der Waals surface area (Å²) < 4.78 is 5.54. The van der Waals surface area contributed by atoms with Gasteiger partial charge in [0.25, 0.3) is 0 Å². The first-order valence-corrected chi connectivity index (χ1v) is 4.70. The van der Waals surface area contributed by atoms with Gasteiger partial charge in [-0.15, -0.1) is 0 Å². The average Bonchev–Trinajstić information content (AvgIpc) is 1.78. The highest BCUT2D eigenvalue weighted by Gasteiger charge is 2.12. The molecule has 0 amide bonds. The SMILES string of the molecule is CC(C)(C)Oc1[c]c(Cl)cc(Cl)c1. The Labute approximate surface area is 88.6 Å². The van der Waals surface area contributed by atoms with Crippen molar-refractivity contribution in [2.45, 2.75) is 26.4 Å². The van der Waals surface area contributed by atoms with E-state index in [9.17, 15) is 0 Å². The molecule has 0 aliphatic rings. The van der Waals surface area contributed by atoms with Crippen LogP contribution in [-0.4, -0.2) is 5.60 Å². The second-order valence-corrected chi connectivity index (χ2v) is 4.57. The zero-order valence-electron chi connectivity index (χ0n) is 7.82. The minimum Gasteiger partial charge on any atom is -0.487 e. The first-order valence-electron chi connectivity index (χ1n) is 3.94. The van der Waals surface area contributed by atoms with Crippen molar-refractivity contribution in [3.63, 3.8) is 0 Å². The Hall–Kier alpha value is -0.400. The highest BCUT2D eigenvalue weighted by atomic mass is 35.5. The molecule has 13 heavy (non-hydrogen) atoms. The first-order chi connectivity index (χ1) is 5.87. The molecule has 0 bridgehead atoms. The van der Waals surface area contributed by atoms with Crippen LogP contribution in [-0.2, 0) is 0 Å². The Morgan fingerprint density at radius 2 is 1.85 bits per heavy atom. The van der Waals surface area contributed by atoms with E-state index in [0.29, 0.717) is 15.8 Å². The summed E-state index contributed by atoms with van der Waals surface area (Å²) in [4.78, 5) is 0. The maximum atomic E-state index is 5.79. The van der Waals surface area contributed by atoms with Gasteiger partial charge in [-0.3, -0.25) is 0 Å². The zero-order chi connectivity index (χ0) is 10.1. The number of ether oxygens (including phenoxy) is 1. The molecule has 1 rings (SSSR count). The Morgan fingerprint density at radius 1 is 1.23 bits per heavy atom. The summed E-state index contributed by atoms with van der Waals surface area (Å²) in [7, 11) is 0. The number of hydrogen-bond donors (Lipinski definition) is 0. The lowest BCUT2D eigenvalue weighted by Crippen LogP contribution is -2.22. The van der Waals surface area contributed by atoms with Crippen molar-refractivity contribution in [1.29, 1.82) is 0 Å². The van der Waals surface area contributed by atoms with Crippen LogP contribution in [0.25, 0.3) is 0 Å². The fourth-order valence-electron chi connectivity index (χ4n) is 0.863. The first kappa shape index (κ1) is 10.7. The van der Waals surface area contributed by atoms with E-state index in [4.69, 9.17) is 27.9 Å². The monoisotopic (exact) mass is 217 g/mol. The lowest BCUT2D eigenvalue weighted by molar-refractivity contribution is 0.130. The summed E-state index contributed by atoms with van der Waals surface area (Å²) in [5.74, 6) is 0.574. The van der Waals surface area contributed by atoms with Crippen LogP contribution in [0.1, 0.15) is 20.8 Å². The van der Waals surface area contributed by atoms with Crippen LogP contribution >= 0.6 is 23.2 Å². The Kier molecular flexibility index (Phi) is 3.09. The third-order valence-electron chi connectivity index (χ3n) is 1.19. The van der Waals surface area contributed by atoms with E-state index in [0.717, 1.165) is 0 Å². The largest absolute Gasteiger partial charge is 0.487 e. The summed E-state index contributed by atoms with van der Waals surface area (Å²) in [6, 6.07) is 6.18. The van der Waals surface area contributed by atoms with E-state index in [-0.39, 0.29) is 5.60 Å². The van der Waals surface area contributed by atoms with Crippen molar-refractivity contribution in [3.05, 3.63) is 28.2 Å². The van der Waals surface area contributed by atoms with Crippen LogP contribution in [0.4, 0.5) is 0 Å². The van der Waals surface area contributed by atoms with Crippen molar-refractivity contribution >= 4 is 23.2 Å². The molecule has 1 aromatic carbocycles. The van der Waals surface area contributed by atoms with Crippen LogP contribution in [0.2, 0.25) is 10.0 Å². The molecule has 0 atom stereocenters. The van der Waals surface area contributed by atoms with Crippen LogP contribution < -0.4 is 4.74 Å². The molecule has 1 aromatic rings. The fraction of sp³-hybridized carbons (Fsp3) is 0.400. The second kappa shape index (κ2) is 3.77. The third kappa shape index (κ3) is 3.88. The van der Waals surface area contributed by atoms with Gasteiger partial charge in [0.15, 0.2) is 0 Å². The summed E-state index contributed by atoms with van der Waals surface area (Å²) in [5, 5.41) is 1.02. The summed E-state index contributed by atoms with van der Waals surface area (Å²) in [6.45, 7) is 5.86. The molecule has 1 radical (unpaired) electrons. The van der Waals surface area contributed by atoms with E-state index in [1.807, 2.05) is 20.8 Å². The van der Waals surface area contributed by atoms with Crippen molar-refractivity contribution in [3.8, 4) is 5.75 Å². The maximum absolute atomic E-state index is 5.79. The number of rotatable bonds is 1. The van der Waals surface area contributed by atoms with E-state index >= 15 is 0 Å². The summed E-state index contributed by atoms with van der Waals surface area (Å²) in [6.07, 6.45) is 0. The minimum absolute atomic E-state index is 0.259. The Morgan fingerprint density at radius 3 is 2.31 bits per heavy atom. The standard InChI is InChI=1S/C10H11Cl2O/c1-10(2,3)13-9-5-7(11)4-8(12)6-9/h4-5H,1-3H3. The molecule has 0 aliphatic heterocycles. The molecule has 0 spiro atoms. The maximum Gasteiger partial charge on any atom is 0.131 e. The van der Waals surface area contributed by atoms with Gasteiger partial charge in [0, 0.05) is 11.1 Å². The topological polar surface area (TPSA) is 9.23 Å².